The fourth-order valence-electron chi connectivity index (χ4n) is 2.14. The van der Waals surface area contributed by atoms with Crippen LogP contribution in [0.25, 0.3) is 0 Å². The van der Waals surface area contributed by atoms with Gasteiger partial charge in [-0.1, -0.05) is 11.6 Å². The number of rotatable bonds is 6. The Labute approximate surface area is 163 Å². The summed E-state index contributed by atoms with van der Waals surface area (Å²) >= 11 is 5.88. The molecule has 0 saturated heterocycles. The summed E-state index contributed by atoms with van der Waals surface area (Å²) in [6.45, 7) is -0.675. The second kappa shape index (κ2) is 8.70. The van der Waals surface area contributed by atoms with E-state index in [9.17, 15) is 19.7 Å². The Balaban J connectivity index is 2.07. The van der Waals surface area contributed by atoms with Crippen LogP contribution in [0.15, 0.2) is 30.3 Å². The molecule has 2 aromatic carbocycles. The van der Waals surface area contributed by atoms with Crippen molar-refractivity contribution in [2.24, 2.45) is 0 Å². The third-order valence-corrected chi connectivity index (χ3v) is 3.81. The molecule has 2 rings (SSSR count). The summed E-state index contributed by atoms with van der Waals surface area (Å²) in [7, 11) is 1.32. The highest BCUT2D eigenvalue weighted by Crippen LogP contribution is 2.29. The second-order valence-corrected chi connectivity index (χ2v) is 5.70. The molecule has 11 heteroatoms. The van der Waals surface area contributed by atoms with Gasteiger partial charge in [-0.05, 0) is 12.1 Å². The molecule has 3 N–H and O–H groups in total. The maximum Gasteiger partial charge on any atom is 0.342 e. The summed E-state index contributed by atoms with van der Waals surface area (Å²) in [4.78, 5) is 34.2. The van der Waals surface area contributed by atoms with Crippen LogP contribution in [0, 0.1) is 21.4 Å². The molecule has 0 bridgehead atoms. The highest BCUT2D eigenvalue weighted by molar-refractivity contribution is 6.33. The molecule has 144 valence electrons. The van der Waals surface area contributed by atoms with Crippen LogP contribution >= 0.6 is 11.6 Å². The van der Waals surface area contributed by atoms with E-state index in [1.54, 1.807) is 6.07 Å². The maximum atomic E-state index is 12.2. The Hall–Kier alpha value is -3.84. The van der Waals surface area contributed by atoms with E-state index in [2.05, 4.69) is 5.32 Å². The van der Waals surface area contributed by atoms with Gasteiger partial charge in [0.2, 0.25) is 0 Å². The number of nitro benzene ring substituents is 1. The van der Waals surface area contributed by atoms with E-state index in [0.29, 0.717) is 0 Å². The number of halogens is 1. The molecule has 28 heavy (non-hydrogen) atoms. The topological polar surface area (TPSA) is 158 Å². The third-order valence-electron chi connectivity index (χ3n) is 3.48. The molecule has 0 aliphatic rings. The van der Waals surface area contributed by atoms with E-state index in [1.165, 1.54) is 25.3 Å². The summed E-state index contributed by atoms with van der Waals surface area (Å²) in [5, 5.41) is 22.3. The van der Waals surface area contributed by atoms with Crippen LogP contribution in [0.4, 0.5) is 17.1 Å². The number of hydrogen-bond acceptors (Lipinski definition) is 8. The van der Waals surface area contributed by atoms with Crippen molar-refractivity contribution in [1.82, 2.24) is 0 Å². The van der Waals surface area contributed by atoms with Crippen LogP contribution in [-0.4, -0.2) is 30.5 Å². The minimum absolute atomic E-state index is 0.0254. The molecule has 0 aliphatic heterocycles. The van der Waals surface area contributed by atoms with Crippen molar-refractivity contribution in [1.29, 1.82) is 5.26 Å². The number of amides is 1. The summed E-state index contributed by atoms with van der Waals surface area (Å²) in [6.07, 6.45) is 0. The molecule has 10 nitrogen and oxygen atoms in total. The van der Waals surface area contributed by atoms with Crippen LogP contribution in [0.1, 0.15) is 15.9 Å². The molecule has 2 aromatic rings. The second-order valence-electron chi connectivity index (χ2n) is 5.30. The number of nitrogens with two attached hydrogens (primary N) is 1. The van der Waals surface area contributed by atoms with E-state index in [-0.39, 0.29) is 39.0 Å². The molecule has 0 atom stereocenters. The minimum Gasteiger partial charge on any atom is -0.496 e. The molecule has 0 aliphatic carbocycles. The van der Waals surface area contributed by atoms with Crippen molar-refractivity contribution >= 4 is 40.5 Å². The largest absolute Gasteiger partial charge is 0.496 e. The first-order valence-corrected chi connectivity index (χ1v) is 7.93. The molecule has 0 fully saturated rings. The number of methoxy groups -OCH3 is 1. The van der Waals surface area contributed by atoms with E-state index < -0.39 is 23.4 Å². The van der Waals surface area contributed by atoms with Crippen molar-refractivity contribution in [3.05, 3.63) is 56.6 Å². The Kier molecular flexibility index (Phi) is 6.36. The number of nitrogens with one attached hydrogen (secondary N) is 1. The van der Waals surface area contributed by atoms with Gasteiger partial charge in [-0.25, -0.2) is 4.79 Å². The van der Waals surface area contributed by atoms with Crippen LogP contribution < -0.4 is 15.8 Å². The number of nitriles is 1. The van der Waals surface area contributed by atoms with Crippen molar-refractivity contribution in [3.63, 3.8) is 0 Å². The van der Waals surface area contributed by atoms with Gasteiger partial charge < -0.3 is 20.5 Å². The van der Waals surface area contributed by atoms with Gasteiger partial charge in [0.15, 0.2) is 6.61 Å². The molecule has 0 aromatic heterocycles. The van der Waals surface area contributed by atoms with Gasteiger partial charge in [0.05, 0.1) is 34.0 Å². The van der Waals surface area contributed by atoms with Gasteiger partial charge in [0.25, 0.3) is 11.6 Å². The molecule has 1 amide bonds. The molecule has 0 spiro atoms. The van der Waals surface area contributed by atoms with E-state index in [1.807, 2.05) is 0 Å². The van der Waals surface area contributed by atoms with Gasteiger partial charge in [-0.3, -0.25) is 14.9 Å². The number of nitrogen functional groups attached to an aromatic ring is 1. The van der Waals surface area contributed by atoms with Gasteiger partial charge >= 0.3 is 5.97 Å². The number of ether oxygens (including phenoxy) is 2. The standard InChI is InChI=1S/C17H13ClN4O6/c1-27-15-6-13(20)12(18)5-11(15)17(24)28-8-16(23)21-14-3-2-10(22(25)26)4-9(14)7-19/h2-6H,8,20H2,1H3,(H,21,23). The average Bonchev–Trinajstić information content (AvgIpc) is 2.67. The predicted molar refractivity (Wildman–Crippen MR) is 99.1 cm³/mol. The SMILES string of the molecule is COc1cc(N)c(Cl)cc1C(=O)OCC(=O)Nc1ccc([N+](=O)[O-])cc1C#N. The predicted octanol–water partition coefficient (Wildman–Crippen LogP) is 2.51. The number of esters is 1. The number of hydrogen-bond donors (Lipinski definition) is 2. The highest BCUT2D eigenvalue weighted by atomic mass is 35.5. The summed E-state index contributed by atoms with van der Waals surface area (Å²) in [5.74, 6) is -1.51. The first-order chi connectivity index (χ1) is 13.3. The van der Waals surface area contributed by atoms with Crippen LogP contribution in [0.5, 0.6) is 5.75 Å². The first kappa shape index (κ1) is 20.5. The Morgan fingerprint density at radius 1 is 1.36 bits per heavy atom. The lowest BCUT2D eigenvalue weighted by molar-refractivity contribution is -0.384. The average molecular weight is 405 g/mol. The third kappa shape index (κ3) is 4.66. The maximum absolute atomic E-state index is 12.2. The van der Waals surface area contributed by atoms with Gasteiger partial charge in [0, 0.05) is 18.2 Å². The van der Waals surface area contributed by atoms with Crippen LogP contribution in [0.2, 0.25) is 5.02 Å². The smallest absolute Gasteiger partial charge is 0.342 e. The van der Waals surface area contributed by atoms with Crippen molar-refractivity contribution in [2.45, 2.75) is 0 Å². The van der Waals surface area contributed by atoms with E-state index in [0.717, 1.165) is 12.1 Å². The zero-order chi connectivity index (χ0) is 20.8. The number of carbonyl (C=O) groups is 2. The summed E-state index contributed by atoms with van der Waals surface area (Å²) < 4.78 is 9.95. The summed E-state index contributed by atoms with van der Waals surface area (Å²) in [5.41, 5.74) is 5.45. The highest BCUT2D eigenvalue weighted by Gasteiger charge is 2.18. The summed E-state index contributed by atoms with van der Waals surface area (Å²) in [6, 6.07) is 7.69. The zero-order valence-electron chi connectivity index (χ0n) is 14.4. The van der Waals surface area contributed by atoms with Crippen molar-refractivity contribution < 1.29 is 24.0 Å². The van der Waals surface area contributed by atoms with Crippen LogP contribution in [0.3, 0.4) is 0 Å². The fraction of sp³-hybridized carbons (Fsp3) is 0.118. The van der Waals surface area contributed by atoms with Crippen molar-refractivity contribution in [2.75, 3.05) is 24.8 Å². The number of non-ortho nitro benzene ring substituents is 1. The van der Waals surface area contributed by atoms with E-state index >= 15 is 0 Å². The molecule has 0 heterocycles. The minimum atomic E-state index is -0.877. The monoisotopic (exact) mass is 404 g/mol. The first-order valence-electron chi connectivity index (χ1n) is 7.55. The fourth-order valence-corrected chi connectivity index (χ4v) is 2.30. The number of nitro groups is 1. The molecule has 0 unspecified atom stereocenters. The normalized spacial score (nSPS) is 9.89. The molecular weight excluding hydrogens is 392 g/mol. The Morgan fingerprint density at radius 3 is 2.68 bits per heavy atom. The van der Waals surface area contributed by atoms with Gasteiger partial charge in [-0.15, -0.1) is 0 Å². The Morgan fingerprint density at radius 2 is 2.07 bits per heavy atom. The van der Waals surface area contributed by atoms with Crippen LogP contribution in [-0.2, 0) is 9.53 Å². The number of carbonyl (C=O) groups excluding carboxylic acids is 2. The number of anilines is 2. The number of nitrogens with zero attached hydrogens (tertiary/aromatic N) is 2. The molecule has 0 radical (unpaired) electrons. The lowest BCUT2D eigenvalue weighted by Crippen LogP contribution is -2.21. The van der Waals surface area contributed by atoms with Gasteiger partial charge in [-0.2, -0.15) is 5.26 Å². The zero-order valence-corrected chi connectivity index (χ0v) is 15.1. The van der Waals surface area contributed by atoms with Crippen molar-refractivity contribution in [3.8, 4) is 11.8 Å². The number of benzene rings is 2. The quantitative estimate of drug-likeness (QED) is 0.321. The van der Waals surface area contributed by atoms with Gasteiger partial charge in [0.1, 0.15) is 17.4 Å². The Bertz CT molecular complexity index is 1000. The van der Waals surface area contributed by atoms with E-state index in [4.69, 9.17) is 32.1 Å². The molecular formula is C17H13ClN4O6. The lowest BCUT2D eigenvalue weighted by Gasteiger charge is -2.11. The lowest BCUT2D eigenvalue weighted by atomic mass is 10.1. The molecule has 0 saturated carbocycles.